The van der Waals surface area contributed by atoms with Gasteiger partial charge in [-0.05, 0) is 31.2 Å². The third kappa shape index (κ3) is 3.60. The Kier molecular flexibility index (Phi) is 5.69. The lowest BCUT2D eigenvalue weighted by molar-refractivity contribution is -0.132. The number of Topliss-reactive ketones (excluding diaryl/α,β-unsaturated/α-hetero) is 1. The number of rotatable bonds is 5. The van der Waals surface area contributed by atoms with Crippen molar-refractivity contribution >= 4 is 23.1 Å². The monoisotopic (exact) mass is 429 g/mol. The predicted molar refractivity (Wildman–Crippen MR) is 122 cm³/mol. The lowest BCUT2D eigenvalue weighted by Gasteiger charge is -2.27. The highest BCUT2D eigenvalue weighted by Gasteiger charge is 2.48. The molecule has 1 atom stereocenters. The Morgan fingerprint density at radius 3 is 2.22 bits per heavy atom. The van der Waals surface area contributed by atoms with E-state index in [0.717, 1.165) is 5.56 Å². The van der Waals surface area contributed by atoms with Gasteiger partial charge in [-0.15, -0.1) is 0 Å². The van der Waals surface area contributed by atoms with Crippen LogP contribution in [0.1, 0.15) is 22.7 Å². The Bertz CT molecular complexity index is 1200. The fraction of sp³-hybridized carbons (Fsp3) is 0.154. The van der Waals surface area contributed by atoms with Crippen LogP contribution in [0.4, 0.5) is 5.69 Å². The number of carbonyl (C=O) groups is 2. The zero-order valence-electron chi connectivity index (χ0n) is 18.0. The molecular weight excluding hydrogens is 406 g/mol. The number of aliphatic hydroxyl groups is 1. The number of benzene rings is 3. The maximum atomic E-state index is 13.2. The minimum absolute atomic E-state index is 0.00485. The maximum Gasteiger partial charge on any atom is 0.300 e. The van der Waals surface area contributed by atoms with Gasteiger partial charge in [-0.25, -0.2) is 0 Å². The Hall–Kier alpha value is -4.06. The number of anilines is 1. The summed E-state index contributed by atoms with van der Waals surface area (Å²) in [7, 11) is 3.05. The van der Waals surface area contributed by atoms with Crippen LogP contribution in [0.2, 0.25) is 0 Å². The van der Waals surface area contributed by atoms with Gasteiger partial charge in [0.25, 0.3) is 11.7 Å². The number of aryl methyl sites for hydroxylation is 1. The normalized spacial score (nSPS) is 17.5. The number of aliphatic hydroxyl groups excluding tert-OH is 1. The van der Waals surface area contributed by atoms with Crippen molar-refractivity contribution in [1.82, 2.24) is 0 Å². The molecule has 1 N–H and O–H groups in total. The quantitative estimate of drug-likeness (QED) is 0.363. The average Bonchev–Trinajstić information content (AvgIpc) is 3.09. The van der Waals surface area contributed by atoms with Gasteiger partial charge in [0.2, 0.25) is 0 Å². The van der Waals surface area contributed by atoms with Gasteiger partial charge < -0.3 is 14.6 Å². The van der Waals surface area contributed by atoms with Crippen molar-refractivity contribution in [2.45, 2.75) is 13.0 Å². The van der Waals surface area contributed by atoms with Crippen LogP contribution in [0.5, 0.6) is 11.5 Å². The van der Waals surface area contributed by atoms with Gasteiger partial charge >= 0.3 is 0 Å². The highest BCUT2D eigenvalue weighted by Crippen LogP contribution is 2.45. The number of amides is 1. The zero-order chi connectivity index (χ0) is 22.8. The van der Waals surface area contributed by atoms with E-state index in [1.54, 1.807) is 61.7 Å². The Morgan fingerprint density at radius 1 is 0.906 bits per heavy atom. The van der Waals surface area contributed by atoms with E-state index >= 15 is 0 Å². The van der Waals surface area contributed by atoms with E-state index in [1.165, 1.54) is 12.0 Å². The van der Waals surface area contributed by atoms with E-state index in [4.69, 9.17) is 9.47 Å². The van der Waals surface area contributed by atoms with Crippen LogP contribution in [0.3, 0.4) is 0 Å². The van der Waals surface area contributed by atoms with Crippen LogP contribution in [0, 0.1) is 6.92 Å². The third-order valence-corrected chi connectivity index (χ3v) is 5.54. The second-order valence-electron chi connectivity index (χ2n) is 7.48. The molecule has 1 saturated heterocycles. The van der Waals surface area contributed by atoms with Gasteiger partial charge in [0.1, 0.15) is 17.3 Å². The first-order valence-corrected chi connectivity index (χ1v) is 10.1. The van der Waals surface area contributed by atoms with E-state index in [0.29, 0.717) is 28.3 Å². The van der Waals surface area contributed by atoms with E-state index in [-0.39, 0.29) is 11.3 Å². The van der Waals surface area contributed by atoms with Gasteiger partial charge in [-0.3, -0.25) is 14.5 Å². The highest BCUT2D eigenvalue weighted by molar-refractivity contribution is 6.51. The van der Waals surface area contributed by atoms with Crippen LogP contribution in [-0.4, -0.2) is 31.0 Å². The maximum absolute atomic E-state index is 13.2. The molecule has 3 aromatic rings. The largest absolute Gasteiger partial charge is 0.507 e. The molecule has 3 aromatic carbocycles. The molecule has 1 heterocycles. The summed E-state index contributed by atoms with van der Waals surface area (Å²) in [5, 5.41) is 11.1. The van der Waals surface area contributed by atoms with Crippen molar-refractivity contribution in [2.24, 2.45) is 0 Å². The third-order valence-electron chi connectivity index (χ3n) is 5.54. The van der Waals surface area contributed by atoms with Crippen LogP contribution >= 0.6 is 0 Å². The standard InChI is InChI=1S/C26H23NO5/c1-16-9-11-18(12-10-16)27-23(20-14-13-19(31-2)15-21(20)32-3)22(25(29)26(27)30)24(28)17-7-5-4-6-8-17/h4-15,23,28H,1-3H3/b24-22+/t23-/m0/s1. The summed E-state index contributed by atoms with van der Waals surface area (Å²) in [6, 6.07) is 20.3. The van der Waals surface area contributed by atoms with Crippen molar-refractivity contribution in [3.8, 4) is 11.5 Å². The molecule has 1 aliphatic heterocycles. The number of hydrogen-bond acceptors (Lipinski definition) is 5. The molecule has 0 aliphatic carbocycles. The summed E-state index contributed by atoms with van der Waals surface area (Å²) in [4.78, 5) is 27.8. The molecule has 0 aromatic heterocycles. The molecule has 0 spiro atoms. The molecule has 6 heteroatoms. The minimum atomic E-state index is -0.876. The van der Waals surface area contributed by atoms with Gasteiger partial charge in [0.05, 0.1) is 25.8 Å². The molecule has 0 bridgehead atoms. The highest BCUT2D eigenvalue weighted by atomic mass is 16.5. The Labute approximate surface area is 186 Å². The van der Waals surface area contributed by atoms with E-state index in [9.17, 15) is 14.7 Å². The molecule has 0 saturated carbocycles. The number of nitrogens with zero attached hydrogens (tertiary/aromatic N) is 1. The Morgan fingerprint density at radius 2 is 1.59 bits per heavy atom. The van der Waals surface area contributed by atoms with E-state index in [1.807, 2.05) is 25.1 Å². The number of ether oxygens (including phenoxy) is 2. The fourth-order valence-electron chi connectivity index (χ4n) is 3.89. The first-order valence-electron chi connectivity index (χ1n) is 10.1. The van der Waals surface area contributed by atoms with Gasteiger partial charge in [0, 0.05) is 22.9 Å². The number of carbonyl (C=O) groups excluding carboxylic acids is 2. The summed E-state index contributed by atoms with van der Waals surface area (Å²) in [6.45, 7) is 1.94. The van der Waals surface area contributed by atoms with Crippen LogP contribution in [0.25, 0.3) is 5.76 Å². The second-order valence-corrected chi connectivity index (χ2v) is 7.48. The van der Waals surface area contributed by atoms with Crippen molar-refractivity contribution in [2.75, 3.05) is 19.1 Å². The molecule has 1 amide bonds. The molecule has 1 fully saturated rings. The fourth-order valence-corrected chi connectivity index (χ4v) is 3.89. The van der Waals surface area contributed by atoms with Crippen LogP contribution in [-0.2, 0) is 9.59 Å². The smallest absolute Gasteiger partial charge is 0.300 e. The Balaban J connectivity index is 1.99. The predicted octanol–water partition coefficient (Wildman–Crippen LogP) is 4.64. The minimum Gasteiger partial charge on any atom is -0.507 e. The summed E-state index contributed by atoms with van der Waals surface area (Å²) in [6.07, 6.45) is 0. The van der Waals surface area contributed by atoms with Gasteiger partial charge in [-0.2, -0.15) is 0 Å². The average molecular weight is 429 g/mol. The second kappa shape index (κ2) is 8.59. The van der Waals surface area contributed by atoms with Crippen LogP contribution in [0.15, 0.2) is 78.4 Å². The lowest BCUT2D eigenvalue weighted by atomic mass is 9.94. The van der Waals surface area contributed by atoms with Gasteiger partial charge in [0.15, 0.2) is 0 Å². The molecule has 6 nitrogen and oxygen atoms in total. The molecule has 4 rings (SSSR count). The van der Waals surface area contributed by atoms with Crippen molar-refractivity contribution < 1.29 is 24.2 Å². The van der Waals surface area contributed by atoms with E-state index in [2.05, 4.69) is 0 Å². The van der Waals surface area contributed by atoms with Gasteiger partial charge in [-0.1, -0.05) is 48.0 Å². The molecule has 1 aliphatic rings. The first-order chi connectivity index (χ1) is 15.5. The summed E-state index contributed by atoms with van der Waals surface area (Å²) >= 11 is 0. The number of ketones is 1. The topological polar surface area (TPSA) is 76.1 Å². The molecule has 162 valence electrons. The van der Waals surface area contributed by atoms with Crippen LogP contribution < -0.4 is 14.4 Å². The summed E-state index contributed by atoms with van der Waals surface area (Å²) in [5.41, 5.74) is 2.59. The van der Waals surface area contributed by atoms with Crippen molar-refractivity contribution in [3.63, 3.8) is 0 Å². The number of methoxy groups -OCH3 is 2. The SMILES string of the molecule is COc1ccc([C@H]2/C(=C(\O)c3ccccc3)C(=O)C(=O)N2c2ccc(C)cc2)c(OC)c1. The molecule has 32 heavy (non-hydrogen) atoms. The van der Waals surface area contributed by atoms with Crippen molar-refractivity contribution in [3.05, 3.63) is 95.1 Å². The van der Waals surface area contributed by atoms with E-state index < -0.39 is 17.7 Å². The van der Waals surface area contributed by atoms with Crippen molar-refractivity contribution in [1.29, 1.82) is 0 Å². The number of hydrogen-bond donors (Lipinski definition) is 1. The molecule has 0 unspecified atom stereocenters. The molecule has 0 radical (unpaired) electrons. The molecular formula is C26H23NO5. The summed E-state index contributed by atoms with van der Waals surface area (Å²) in [5.74, 6) is -0.696. The summed E-state index contributed by atoms with van der Waals surface area (Å²) < 4.78 is 10.9. The lowest BCUT2D eigenvalue weighted by Crippen LogP contribution is -2.29. The zero-order valence-corrected chi connectivity index (χ0v) is 18.0. The first kappa shape index (κ1) is 21.2.